The van der Waals surface area contributed by atoms with Gasteiger partial charge < -0.3 is 0 Å². The first-order chi connectivity index (χ1) is 14.1. The molecule has 2 aromatic carbocycles. The molecule has 0 saturated carbocycles. The van der Waals surface area contributed by atoms with E-state index < -0.39 is 0 Å². The van der Waals surface area contributed by atoms with Crippen LogP contribution in [0.2, 0.25) is 0 Å². The summed E-state index contributed by atoms with van der Waals surface area (Å²) < 4.78 is 3.31. The van der Waals surface area contributed by atoms with Gasteiger partial charge in [0, 0.05) is 12.4 Å². The second kappa shape index (κ2) is 6.43. The average Bonchev–Trinajstić information content (AvgIpc) is 3.36. The van der Waals surface area contributed by atoms with Crippen LogP contribution < -0.4 is 5.69 Å². The Balaban J connectivity index is 1.94. The molecule has 0 spiro atoms. The van der Waals surface area contributed by atoms with Crippen molar-refractivity contribution in [2.75, 3.05) is 0 Å². The molecule has 0 aliphatic heterocycles. The van der Waals surface area contributed by atoms with Gasteiger partial charge in [-0.2, -0.15) is 16.6 Å². The molecular weight excluding hydrogens is 380 g/mol. The fourth-order valence-corrected chi connectivity index (χ4v) is 4.41. The maximum absolute atomic E-state index is 13.2. The van der Waals surface area contributed by atoms with Crippen LogP contribution in [-0.2, 0) is 7.05 Å². The van der Waals surface area contributed by atoms with Crippen LogP contribution in [0.25, 0.3) is 38.8 Å². The van der Waals surface area contributed by atoms with Crippen LogP contribution in [0.4, 0.5) is 0 Å². The van der Waals surface area contributed by atoms with E-state index in [0.717, 1.165) is 38.6 Å². The van der Waals surface area contributed by atoms with Crippen LogP contribution in [0.5, 0.6) is 0 Å². The van der Waals surface area contributed by atoms with Crippen LogP contribution in [0.3, 0.4) is 0 Å². The summed E-state index contributed by atoms with van der Waals surface area (Å²) in [5, 5.41) is 14.4. The lowest BCUT2D eigenvalue weighted by atomic mass is 10.0. The summed E-state index contributed by atoms with van der Waals surface area (Å²) in [6, 6.07) is 15.8. The molecule has 140 valence electrons. The third-order valence-corrected chi connectivity index (χ3v) is 6.00. The fourth-order valence-electron chi connectivity index (χ4n) is 3.75. The van der Waals surface area contributed by atoms with Gasteiger partial charge in [-0.25, -0.2) is 4.79 Å². The molecule has 3 heterocycles. The lowest BCUT2D eigenvalue weighted by molar-refractivity contribution is 0.843. The zero-order valence-electron chi connectivity index (χ0n) is 15.9. The number of pyridine rings is 1. The summed E-state index contributed by atoms with van der Waals surface area (Å²) in [6.45, 7) is 1.95. The Labute approximate surface area is 170 Å². The average molecular weight is 396 g/mol. The van der Waals surface area contributed by atoms with E-state index in [1.807, 2.05) is 24.4 Å². The van der Waals surface area contributed by atoms with Gasteiger partial charge in [0.15, 0.2) is 0 Å². The van der Waals surface area contributed by atoms with Crippen LogP contribution in [0.1, 0.15) is 11.1 Å². The highest BCUT2D eigenvalue weighted by Gasteiger charge is 2.18. The van der Waals surface area contributed by atoms with Gasteiger partial charge in [-0.3, -0.25) is 14.1 Å². The van der Waals surface area contributed by atoms with Gasteiger partial charge in [0.05, 0.1) is 40.1 Å². The molecule has 0 fully saturated rings. The minimum Gasteiger partial charge on any atom is -0.293 e. The van der Waals surface area contributed by atoms with Crippen LogP contribution in [0, 0.1) is 18.3 Å². The first-order valence-electron chi connectivity index (χ1n) is 9.12. The molecule has 0 unspecified atom stereocenters. The number of benzene rings is 2. The van der Waals surface area contributed by atoms with E-state index >= 15 is 0 Å². The fraction of sp³-hybridized carbons (Fsp3) is 0.0870. The number of rotatable bonds is 2. The van der Waals surface area contributed by atoms with Gasteiger partial charge in [-0.1, -0.05) is 12.1 Å². The smallest absolute Gasteiger partial charge is 0.293 e. The van der Waals surface area contributed by atoms with Gasteiger partial charge in [-0.15, -0.1) is 0 Å². The monoisotopic (exact) mass is 396 g/mol. The molecule has 3 aromatic heterocycles. The Morgan fingerprint density at radius 3 is 2.72 bits per heavy atom. The second-order valence-corrected chi connectivity index (χ2v) is 7.81. The van der Waals surface area contributed by atoms with E-state index in [4.69, 9.17) is 0 Å². The standard InChI is InChI=1S/C23H16N4OS/c1-14-3-4-15(11-24)9-20(14)27-22-18-10-16(17-7-8-29-13-17)5-6-19(18)25-12-21(22)26(2)23(27)28/h3-10,12-13H,1-2H3. The normalized spacial score (nSPS) is 11.2. The molecule has 0 bridgehead atoms. The molecule has 0 atom stereocenters. The molecule has 0 aliphatic carbocycles. The Bertz CT molecular complexity index is 1500. The number of hydrogen-bond donors (Lipinski definition) is 0. The van der Waals surface area contributed by atoms with E-state index in [-0.39, 0.29) is 5.69 Å². The van der Waals surface area contributed by atoms with Gasteiger partial charge in [0.1, 0.15) is 0 Å². The second-order valence-electron chi connectivity index (χ2n) is 7.03. The van der Waals surface area contributed by atoms with E-state index in [1.54, 1.807) is 45.8 Å². The van der Waals surface area contributed by atoms with Crippen molar-refractivity contribution in [3.05, 3.63) is 81.0 Å². The molecule has 29 heavy (non-hydrogen) atoms. The van der Waals surface area contributed by atoms with E-state index in [2.05, 4.69) is 34.6 Å². The predicted octanol–water partition coefficient (Wildman–Crippen LogP) is 4.79. The third kappa shape index (κ3) is 2.59. The van der Waals surface area contributed by atoms with Crippen molar-refractivity contribution < 1.29 is 0 Å². The highest BCUT2D eigenvalue weighted by atomic mass is 32.1. The van der Waals surface area contributed by atoms with Crippen molar-refractivity contribution in [2.24, 2.45) is 7.05 Å². The SMILES string of the molecule is Cc1ccc(C#N)cc1-n1c(=O)n(C)c2cnc3ccc(-c4ccsc4)cc3c21. The minimum absolute atomic E-state index is 0.159. The zero-order chi connectivity index (χ0) is 20.1. The molecule has 5 nitrogen and oxygen atoms in total. The van der Waals surface area contributed by atoms with Gasteiger partial charge in [-0.05, 0) is 64.7 Å². The number of aryl methyl sites for hydroxylation is 2. The molecule has 0 aliphatic rings. The molecule has 5 aromatic rings. The number of hydrogen-bond acceptors (Lipinski definition) is 4. The first kappa shape index (κ1) is 17.4. The zero-order valence-corrected chi connectivity index (χ0v) is 16.7. The van der Waals surface area contributed by atoms with Gasteiger partial charge in [0.25, 0.3) is 0 Å². The summed E-state index contributed by atoms with van der Waals surface area (Å²) >= 11 is 1.65. The number of thiophene rings is 1. The van der Waals surface area contributed by atoms with E-state index in [9.17, 15) is 10.1 Å². The molecule has 0 N–H and O–H groups in total. The van der Waals surface area contributed by atoms with E-state index in [1.165, 1.54) is 0 Å². The predicted molar refractivity (Wildman–Crippen MR) is 117 cm³/mol. The van der Waals surface area contributed by atoms with Crippen molar-refractivity contribution in [3.8, 4) is 22.9 Å². The molecule has 0 radical (unpaired) electrons. The quantitative estimate of drug-likeness (QED) is 0.431. The number of nitrogens with zero attached hydrogens (tertiary/aromatic N) is 4. The minimum atomic E-state index is -0.159. The Morgan fingerprint density at radius 2 is 1.97 bits per heavy atom. The van der Waals surface area contributed by atoms with Crippen LogP contribution in [-0.4, -0.2) is 14.1 Å². The molecule has 6 heteroatoms. The van der Waals surface area contributed by atoms with Crippen molar-refractivity contribution in [3.63, 3.8) is 0 Å². The molecule has 0 amide bonds. The maximum atomic E-state index is 13.2. The number of fused-ring (bicyclic) bond motifs is 3. The molecular formula is C23H16N4OS. The Kier molecular flexibility index (Phi) is 3.86. The number of nitriles is 1. The van der Waals surface area contributed by atoms with Crippen LogP contribution in [0.15, 0.2) is 64.2 Å². The molecule has 5 rings (SSSR count). The van der Waals surface area contributed by atoms with Crippen molar-refractivity contribution in [1.82, 2.24) is 14.1 Å². The Hall–Kier alpha value is -3.69. The first-order valence-corrected chi connectivity index (χ1v) is 10.1. The largest absolute Gasteiger partial charge is 0.333 e. The summed E-state index contributed by atoms with van der Waals surface area (Å²) in [4.78, 5) is 17.8. The van der Waals surface area contributed by atoms with Gasteiger partial charge in [0.2, 0.25) is 0 Å². The highest BCUT2D eigenvalue weighted by molar-refractivity contribution is 7.08. The van der Waals surface area contributed by atoms with Gasteiger partial charge >= 0.3 is 5.69 Å². The number of aromatic nitrogens is 3. The van der Waals surface area contributed by atoms with Crippen molar-refractivity contribution in [1.29, 1.82) is 5.26 Å². The summed E-state index contributed by atoms with van der Waals surface area (Å²) in [6.07, 6.45) is 1.74. The lowest BCUT2D eigenvalue weighted by Crippen LogP contribution is -2.21. The van der Waals surface area contributed by atoms with Crippen molar-refractivity contribution >= 4 is 33.3 Å². The lowest BCUT2D eigenvalue weighted by Gasteiger charge is -2.10. The molecule has 0 saturated heterocycles. The summed E-state index contributed by atoms with van der Waals surface area (Å²) in [7, 11) is 1.75. The van der Waals surface area contributed by atoms with Crippen molar-refractivity contribution in [2.45, 2.75) is 6.92 Å². The summed E-state index contributed by atoms with van der Waals surface area (Å²) in [5.74, 6) is 0. The maximum Gasteiger partial charge on any atom is 0.333 e. The Morgan fingerprint density at radius 1 is 1.10 bits per heavy atom. The topological polar surface area (TPSA) is 63.6 Å². The number of imidazole rings is 1. The highest BCUT2D eigenvalue weighted by Crippen LogP contribution is 2.31. The third-order valence-electron chi connectivity index (χ3n) is 5.32. The van der Waals surface area contributed by atoms with Crippen LogP contribution >= 0.6 is 11.3 Å². The van der Waals surface area contributed by atoms with E-state index in [0.29, 0.717) is 11.3 Å². The summed E-state index contributed by atoms with van der Waals surface area (Å²) in [5.41, 5.74) is 6.61.